The fourth-order valence-corrected chi connectivity index (χ4v) is 6.13. The second-order valence-corrected chi connectivity index (χ2v) is 9.21. The molecule has 28 heavy (non-hydrogen) atoms. The molecule has 2 heterocycles. The molecule has 1 aromatic carbocycles. The number of nitrogens with one attached hydrogen (secondary N) is 1. The normalized spacial score (nSPS) is 28.9. The largest absolute Gasteiger partial charge is 0.467 e. The Kier molecular flexibility index (Phi) is 4.67. The van der Waals surface area contributed by atoms with Crippen LogP contribution in [0.25, 0.3) is 0 Å². The van der Waals surface area contributed by atoms with Gasteiger partial charge in [0.05, 0.1) is 18.6 Å². The zero-order valence-electron chi connectivity index (χ0n) is 15.7. The van der Waals surface area contributed by atoms with Gasteiger partial charge in [-0.15, -0.1) is 11.8 Å². The van der Waals surface area contributed by atoms with Gasteiger partial charge in [-0.2, -0.15) is 0 Å². The van der Waals surface area contributed by atoms with E-state index in [-0.39, 0.29) is 17.2 Å². The molecule has 5 nitrogen and oxygen atoms in total. The third kappa shape index (κ3) is 3.34. The number of furan rings is 1. The van der Waals surface area contributed by atoms with Crippen LogP contribution >= 0.6 is 11.8 Å². The van der Waals surface area contributed by atoms with Crippen LogP contribution in [0, 0.1) is 11.8 Å². The number of fused-ring (bicyclic) bond motifs is 2. The van der Waals surface area contributed by atoms with E-state index in [1.807, 2.05) is 41.3 Å². The average Bonchev–Trinajstić information content (AvgIpc) is 3.49. The minimum Gasteiger partial charge on any atom is -0.467 e. The lowest BCUT2D eigenvalue weighted by atomic mass is 9.95. The van der Waals surface area contributed by atoms with E-state index in [1.165, 1.54) is 19.3 Å². The van der Waals surface area contributed by atoms with Gasteiger partial charge in [-0.3, -0.25) is 9.59 Å². The van der Waals surface area contributed by atoms with Gasteiger partial charge in [0.1, 0.15) is 11.1 Å². The monoisotopic (exact) mass is 396 g/mol. The van der Waals surface area contributed by atoms with Crippen LogP contribution in [0.3, 0.4) is 0 Å². The Morgan fingerprint density at radius 2 is 2.04 bits per heavy atom. The van der Waals surface area contributed by atoms with Gasteiger partial charge in [-0.05, 0) is 60.9 Å². The van der Waals surface area contributed by atoms with Crippen molar-refractivity contribution < 1.29 is 14.0 Å². The zero-order valence-corrected chi connectivity index (χ0v) is 16.5. The molecule has 2 aromatic rings. The lowest BCUT2D eigenvalue weighted by Crippen LogP contribution is -2.38. The van der Waals surface area contributed by atoms with E-state index in [0.717, 1.165) is 23.7 Å². The van der Waals surface area contributed by atoms with Gasteiger partial charge >= 0.3 is 0 Å². The second-order valence-electron chi connectivity index (χ2n) is 8.14. The third-order valence-corrected chi connectivity index (χ3v) is 7.64. The summed E-state index contributed by atoms with van der Waals surface area (Å²) in [7, 11) is 0. The van der Waals surface area contributed by atoms with Crippen LogP contribution in [-0.4, -0.2) is 28.5 Å². The second kappa shape index (κ2) is 7.32. The Hall–Kier alpha value is -2.21. The lowest BCUT2D eigenvalue weighted by molar-refractivity contribution is -0.128. The summed E-state index contributed by atoms with van der Waals surface area (Å²) in [5, 5.41) is 3.20. The van der Waals surface area contributed by atoms with E-state index in [2.05, 4.69) is 5.32 Å². The van der Waals surface area contributed by atoms with Crippen LogP contribution in [0.5, 0.6) is 0 Å². The molecule has 0 radical (unpaired) electrons. The Balaban J connectivity index is 1.26. The molecule has 4 unspecified atom stereocenters. The zero-order chi connectivity index (χ0) is 19.1. The molecule has 2 aliphatic carbocycles. The number of amides is 2. The van der Waals surface area contributed by atoms with E-state index in [4.69, 9.17) is 4.42 Å². The van der Waals surface area contributed by atoms with Crippen molar-refractivity contribution in [3.05, 3.63) is 59.5 Å². The summed E-state index contributed by atoms with van der Waals surface area (Å²) in [6, 6.07) is 11.8. The average molecular weight is 397 g/mol. The molecule has 2 amide bonds. The van der Waals surface area contributed by atoms with Crippen LogP contribution in [0.15, 0.2) is 47.1 Å². The topological polar surface area (TPSA) is 62.6 Å². The molecule has 1 aromatic heterocycles. The minimum absolute atomic E-state index is 0.0201. The Bertz CT molecular complexity index is 864. The number of rotatable bonds is 5. The van der Waals surface area contributed by atoms with Crippen molar-refractivity contribution in [2.24, 2.45) is 11.8 Å². The summed E-state index contributed by atoms with van der Waals surface area (Å²) in [5.41, 5.74) is 1.73. The van der Waals surface area contributed by atoms with Gasteiger partial charge in [0.15, 0.2) is 0 Å². The van der Waals surface area contributed by atoms with Gasteiger partial charge in [0.2, 0.25) is 5.91 Å². The molecule has 1 saturated heterocycles. The molecule has 3 aliphatic rings. The van der Waals surface area contributed by atoms with Gasteiger partial charge in [-0.25, -0.2) is 0 Å². The highest BCUT2D eigenvalue weighted by atomic mass is 32.2. The Morgan fingerprint density at radius 3 is 2.71 bits per heavy atom. The number of hydrogen-bond acceptors (Lipinski definition) is 4. The molecule has 4 atom stereocenters. The van der Waals surface area contributed by atoms with Crippen LogP contribution < -0.4 is 5.32 Å². The first-order chi connectivity index (χ1) is 13.7. The van der Waals surface area contributed by atoms with Crippen molar-refractivity contribution in [1.82, 2.24) is 10.2 Å². The summed E-state index contributed by atoms with van der Waals surface area (Å²) < 4.78 is 5.41. The van der Waals surface area contributed by atoms with Gasteiger partial charge in [-0.1, -0.05) is 18.6 Å². The van der Waals surface area contributed by atoms with Crippen molar-refractivity contribution in [2.45, 2.75) is 43.6 Å². The fourth-order valence-electron chi connectivity index (χ4n) is 4.94. The highest BCUT2D eigenvalue weighted by molar-refractivity contribution is 8.00. The highest BCUT2D eigenvalue weighted by Gasteiger charge is 2.40. The van der Waals surface area contributed by atoms with Crippen molar-refractivity contribution >= 4 is 23.6 Å². The fraction of sp³-hybridized carbons (Fsp3) is 0.455. The number of thioether (sulfide) groups is 1. The number of carbonyl (C=O) groups is 2. The molecule has 0 spiro atoms. The maximum atomic E-state index is 12.6. The van der Waals surface area contributed by atoms with Crippen molar-refractivity contribution in [2.75, 3.05) is 5.75 Å². The van der Waals surface area contributed by atoms with E-state index >= 15 is 0 Å². The molecule has 2 saturated carbocycles. The van der Waals surface area contributed by atoms with Crippen molar-refractivity contribution in [3.63, 3.8) is 0 Å². The predicted octanol–water partition coefficient (Wildman–Crippen LogP) is 3.97. The van der Waals surface area contributed by atoms with Crippen molar-refractivity contribution in [3.8, 4) is 0 Å². The minimum atomic E-state index is -0.0414. The quantitative estimate of drug-likeness (QED) is 0.831. The highest BCUT2D eigenvalue weighted by Crippen LogP contribution is 2.44. The first-order valence-electron chi connectivity index (χ1n) is 10.0. The Morgan fingerprint density at radius 1 is 1.18 bits per heavy atom. The number of carbonyl (C=O) groups excluding carboxylic acids is 2. The van der Waals surface area contributed by atoms with Crippen LogP contribution in [0.4, 0.5) is 0 Å². The summed E-state index contributed by atoms with van der Waals surface area (Å²) >= 11 is 1.62. The third-order valence-electron chi connectivity index (χ3n) is 6.39. The van der Waals surface area contributed by atoms with Gasteiger partial charge in [0.25, 0.3) is 5.91 Å². The number of nitrogens with zero attached hydrogens (tertiary/aromatic N) is 1. The molecule has 6 heteroatoms. The predicted molar refractivity (Wildman–Crippen MR) is 108 cm³/mol. The lowest BCUT2D eigenvalue weighted by Gasteiger charge is -2.24. The van der Waals surface area contributed by atoms with Crippen molar-refractivity contribution in [1.29, 1.82) is 0 Å². The summed E-state index contributed by atoms with van der Waals surface area (Å²) in [6.07, 6.45) is 6.63. The first kappa shape index (κ1) is 17.9. The van der Waals surface area contributed by atoms with E-state index in [0.29, 0.717) is 29.8 Å². The van der Waals surface area contributed by atoms with Gasteiger partial charge in [0, 0.05) is 11.6 Å². The first-order valence-corrected chi connectivity index (χ1v) is 11.1. The van der Waals surface area contributed by atoms with Crippen LogP contribution in [-0.2, 0) is 11.3 Å². The number of hydrogen-bond donors (Lipinski definition) is 1. The molecule has 2 bridgehead atoms. The maximum Gasteiger partial charge on any atom is 0.251 e. The molecule has 5 rings (SSSR count). The molecule has 146 valence electrons. The summed E-state index contributed by atoms with van der Waals surface area (Å²) in [4.78, 5) is 26.8. The van der Waals surface area contributed by atoms with E-state index in [1.54, 1.807) is 18.0 Å². The standard InChI is InChI=1S/C22H24N2O3S/c25-20-13-28-22(24(20)12-18-2-1-9-27-18)16-7-5-15(6-8-16)21(26)23-19-11-14-3-4-17(19)10-14/h1-2,5-9,14,17,19,22H,3-4,10-13H2,(H,23,26). The molecule has 3 fully saturated rings. The van der Waals surface area contributed by atoms with Crippen LogP contribution in [0.1, 0.15) is 52.7 Å². The number of benzene rings is 1. The Labute approximate surface area is 168 Å². The summed E-state index contributed by atoms with van der Waals surface area (Å²) in [6.45, 7) is 0.468. The molecular weight excluding hydrogens is 372 g/mol. The smallest absolute Gasteiger partial charge is 0.251 e. The van der Waals surface area contributed by atoms with Gasteiger partial charge < -0.3 is 14.6 Å². The molecule has 1 aliphatic heterocycles. The SMILES string of the molecule is O=C(NC1CC2CCC1C2)c1ccc(C2SCC(=O)N2Cc2ccco2)cc1. The molecular formula is C22H24N2O3S. The summed E-state index contributed by atoms with van der Waals surface area (Å²) in [5.74, 6) is 2.87. The molecule has 1 N–H and O–H groups in total. The maximum absolute atomic E-state index is 12.6. The van der Waals surface area contributed by atoms with E-state index < -0.39 is 0 Å². The van der Waals surface area contributed by atoms with Crippen LogP contribution in [0.2, 0.25) is 0 Å². The van der Waals surface area contributed by atoms with E-state index in [9.17, 15) is 9.59 Å².